The van der Waals surface area contributed by atoms with Crippen LogP contribution in [0, 0.1) is 18.8 Å². The van der Waals surface area contributed by atoms with E-state index < -0.39 is 46.9 Å². The number of anilines is 1. The first-order valence-corrected chi connectivity index (χ1v) is 11.8. The van der Waals surface area contributed by atoms with E-state index in [9.17, 15) is 19.2 Å². The summed E-state index contributed by atoms with van der Waals surface area (Å²) in [5.74, 6) is -5.19. The zero-order valence-electron chi connectivity index (χ0n) is 18.3. The van der Waals surface area contributed by atoms with Crippen LogP contribution < -0.4 is 4.90 Å². The second kappa shape index (κ2) is 7.51. The molecule has 2 saturated heterocycles. The molecule has 0 N–H and O–H groups in total. The number of benzene rings is 3. The molecule has 2 heterocycles. The van der Waals surface area contributed by atoms with Crippen molar-refractivity contribution in [1.29, 1.82) is 0 Å². The first-order valence-electron chi connectivity index (χ1n) is 11.0. The number of halogens is 2. The van der Waals surface area contributed by atoms with Crippen LogP contribution in [0.4, 0.5) is 5.69 Å². The molecule has 1 spiro atoms. The maximum atomic E-state index is 14.2. The first kappa shape index (κ1) is 22.0. The molecule has 0 radical (unpaired) electrons. The Bertz CT molecular complexity index is 1430. The molecular formula is C27H17Cl2NO5. The highest BCUT2D eigenvalue weighted by Gasteiger charge is 2.76. The van der Waals surface area contributed by atoms with Crippen molar-refractivity contribution in [2.45, 2.75) is 18.5 Å². The van der Waals surface area contributed by atoms with Gasteiger partial charge in [0.2, 0.25) is 0 Å². The van der Waals surface area contributed by atoms with Gasteiger partial charge in [0.15, 0.2) is 17.1 Å². The largest absolute Gasteiger partial charge is 0.393 e. The molecular weight excluding hydrogens is 489 g/mol. The van der Waals surface area contributed by atoms with Gasteiger partial charge in [0.1, 0.15) is 5.92 Å². The van der Waals surface area contributed by atoms with Crippen molar-refractivity contribution in [2.75, 3.05) is 4.90 Å². The Balaban J connectivity index is 1.70. The molecule has 8 heteroatoms. The summed E-state index contributed by atoms with van der Waals surface area (Å²) >= 11 is 12.8. The third kappa shape index (κ3) is 2.78. The number of carbonyl (C=O) groups is 4. The molecule has 0 aromatic heterocycles. The van der Waals surface area contributed by atoms with Crippen molar-refractivity contribution in [3.63, 3.8) is 0 Å². The number of fused-ring (bicyclic) bond motifs is 3. The van der Waals surface area contributed by atoms with Crippen molar-refractivity contribution >= 4 is 52.4 Å². The van der Waals surface area contributed by atoms with Crippen LogP contribution in [0.2, 0.25) is 10.0 Å². The minimum atomic E-state index is -2.02. The molecule has 3 atom stereocenters. The number of aryl methyl sites for hydroxylation is 1. The predicted molar refractivity (Wildman–Crippen MR) is 129 cm³/mol. The molecule has 1 aliphatic carbocycles. The fourth-order valence-corrected chi connectivity index (χ4v) is 6.31. The van der Waals surface area contributed by atoms with Gasteiger partial charge in [0.25, 0.3) is 0 Å². The summed E-state index contributed by atoms with van der Waals surface area (Å²) in [5, 5.41) is 0.549. The Kier molecular flexibility index (Phi) is 4.72. The second-order valence-electron chi connectivity index (χ2n) is 9.04. The number of rotatable bonds is 2. The Hall–Kier alpha value is -3.48. The molecule has 6 nitrogen and oxygen atoms in total. The zero-order chi connectivity index (χ0) is 24.6. The van der Waals surface area contributed by atoms with Gasteiger partial charge in [-0.05, 0) is 30.7 Å². The molecule has 0 saturated carbocycles. The predicted octanol–water partition coefficient (Wildman–Crippen LogP) is 5.00. The molecule has 0 bridgehead atoms. The van der Waals surface area contributed by atoms with Crippen LogP contribution in [0.15, 0.2) is 66.7 Å². The van der Waals surface area contributed by atoms with E-state index in [4.69, 9.17) is 27.9 Å². The van der Waals surface area contributed by atoms with E-state index in [2.05, 4.69) is 0 Å². The highest BCUT2D eigenvalue weighted by Crippen LogP contribution is 2.60. The van der Waals surface area contributed by atoms with Crippen LogP contribution in [-0.4, -0.2) is 29.0 Å². The van der Waals surface area contributed by atoms with E-state index in [1.165, 1.54) is 6.07 Å². The average Bonchev–Trinajstić information content (AvgIpc) is 3.39. The van der Waals surface area contributed by atoms with E-state index in [1.807, 2.05) is 31.2 Å². The Morgan fingerprint density at radius 2 is 1.46 bits per heavy atom. The maximum Gasteiger partial charge on any atom is 0.320 e. The van der Waals surface area contributed by atoms with Crippen LogP contribution in [-0.2, 0) is 14.3 Å². The molecule has 35 heavy (non-hydrogen) atoms. The van der Waals surface area contributed by atoms with Crippen molar-refractivity contribution < 1.29 is 23.9 Å². The van der Waals surface area contributed by atoms with Crippen LogP contribution >= 0.6 is 23.2 Å². The normalized spacial score (nSPS) is 24.2. The summed E-state index contributed by atoms with van der Waals surface area (Å²) in [6.45, 7) is 1.92. The number of cyclic esters (lactones) is 2. The lowest BCUT2D eigenvalue weighted by molar-refractivity contribution is -0.154. The number of hydrogen-bond acceptors (Lipinski definition) is 6. The van der Waals surface area contributed by atoms with Crippen LogP contribution in [0.1, 0.15) is 37.9 Å². The zero-order valence-corrected chi connectivity index (χ0v) is 19.8. The van der Waals surface area contributed by atoms with E-state index >= 15 is 0 Å². The van der Waals surface area contributed by atoms with Crippen LogP contribution in [0.25, 0.3) is 0 Å². The van der Waals surface area contributed by atoms with Crippen LogP contribution in [0.5, 0.6) is 0 Å². The number of ether oxygens (including phenoxy) is 1. The maximum absolute atomic E-state index is 14.2. The Labute approximate surface area is 210 Å². The first-order chi connectivity index (χ1) is 16.8. The van der Waals surface area contributed by atoms with E-state index in [1.54, 1.807) is 41.3 Å². The quantitative estimate of drug-likeness (QED) is 0.360. The number of carbonyl (C=O) groups excluding carboxylic acids is 4. The third-order valence-corrected chi connectivity index (χ3v) is 7.77. The van der Waals surface area contributed by atoms with Crippen molar-refractivity contribution in [1.82, 2.24) is 0 Å². The summed E-state index contributed by atoms with van der Waals surface area (Å²) in [7, 11) is 0. The molecule has 0 unspecified atom stereocenters. The van der Waals surface area contributed by atoms with Crippen molar-refractivity contribution in [2.24, 2.45) is 11.8 Å². The fraction of sp³-hybridized carbons (Fsp3) is 0.185. The van der Waals surface area contributed by atoms with Crippen LogP contribution in [0.3, 0.4) is 0 Å². The number of esters is 2. The number of hydrogen-bond donors (Lipinski definition) is 0. The highest BCUT2D eigenvalue weighted by atomic mass is 35.5. The standard InChI is InChI=1S/C27H17Cl2NO5/c1-13-6-8-14(9-7-13)22-20-21(26(34)35-25(20)33)27(30(22)19-11-10-15(28)12-18(19)29)23(31)16-4-2-3-5-17(16)24(27)32/h2-12,20-22H,1H3/t20-,21+,22+/m1/s1. The van der Waals surface area contributed by atoms with Gasteiger partial charge in [-0.1, -0.05) is 77.3 Å². The minimum Gasteiger partial charge on any atom is -0.393 e. The molecule has 174 valence electrons. The number of Topliss-reactive ketones (excluding diaryl/α,β-unsaturated/α-hetero) is 2. The van der Waals surface area contributed by atoms with E-state index in [0.29, 0.717) is 16.3 Å². The van der Waals surface area contributed by atoms with Gasteiger partial charge in [0.05, 0.1) is 22.7 Å². The SMILES string of the molecule is Cc1ccc([C@H]2[C@@H]3C(=O)OC(=O)[C@H]3C3(C(=O)c4ccccc4C3=O)N2c2ccc(Cl)cc2Cl)cc1. The minimum absolute atomic E-state index is 0.186. The lowest BCUT2D eigenvalue weighted by atomic mass is 9.76. The lowest BCUT2D eigenvalue weighted by Gasteiger charge is -2.40. The molecule has 3 aliphatic rings. The molecule has 6 rings (SSSR count). The summed E-state index contributed by atoms with van der Waals surface area (Å²) in [4.78, 5) is 56.2. The van der Waals surface area contributed by atoms with Gasteiger partial charge in [-0.2, -0.15) is 0 Å². The Morgan fingerprint density at radius 1 is 0.829 bits per heavy atom. The third-order valence-electron chi connectivity index (χ3n) is 7.23. The molecule has 0 amide bonds. The van der Waals surface area contributed by atoms with Crippen molar-refractivity contribution in [3.05, 3.63) is 99.0 Å². The number of nitrogens with zero attached hydrogens (tertiary/aromatic N) is 1. The summed E-state index contributed by atoms with van der Waals surface area (Å²) < 4.78 is 5.06. The van der Waals surface area contributed by atoms with Gasteiger partial charge in [-0.15, -0.1) is 0 Å². The highest BCUT2D eigenvalue weighted by molar-refractivity contribution is 6.39. The Morgan fingerprint density at radius 3 is 2.06 bits per heavy atom. The molecule has 3 aromatic carbocycles. The van der Waals surface area contributed by atoms with Gasteiger partial charge in [0, 0.05) is 16.1 Å². The number of ketones is 2. The topological polar surface area (TPSA) is 80.8 Å². The monoisotopic (exact) mass is 505 g/mol. The summed E-state index contributed by atoms with van der Waals surface area (Å²) in [6.07, 6.45) is 0. The van der Waals surface area contributed by atoms with Gasteiger partial charge >= 0.3 is 11.9 Å². The van der Waals surface area contributed by atoms with E-state index in [-0.39, 0.29) is 16.1 Å². The average molecular weight is 506 g/mol. The van der Waals surface area contributed by atoms with Crippen molar-refractivity contribution in [3.8, 4) is 0 Å². The van der Waals surface area contributed by atoms with E-state index in [0.717, 1.165) is 5.56 Å². The second-order valence-corrected chi connectivity index (χ2v) is 9.88. The van der Waals surface area contributed by atoms with Gasteiger partial charge in [-0.25, -0.2) is 0 Å². The molecule has 3 aromatic rings. The summed E-state index contributed by atoms with van der Waals surface area (Å²) in [6, 6.07) is 17.6. The fourth-order valence-electron chi connectivity index (χ4n) is 5.82. The lowest BCUT2D eigenvalue weighted by Crippen LogP contribution is -2.59. The smallest absolute Gasteiger partial charge is 0.320 e. The molecule has 2 aliphatic heterocycles. The van der Waals surface area contributed by atoms with Gasteiger partial charge < -0.3 is 9.64 Å². The van der Waals surface area contributed by atoms with Gasteiger partial charge in [-0.3, -0.25) is 19.2 Å². The summed E-state index contributed by atoms with van der Waals surface area (Å²) in [5.41, 5.74) is 0.332. The molecule has 2 fully saturated rings.